The molecule has 0 saturated heterocycles. The average molecular weight is 549 g/mol. The summed E-state index contributed by atoms with van der Waals surface area (Å²) in [5.74, 6) is -2.73. The van der Waals surface area contributed by atoms with Crippen LogP contribution >= 0.6 is 0 Å². The fraction of sp³-hybridized carbons (Fsp3) is 0.480. The van der Waals surface area contributed by atoms with Crippen molar-refractivity contribution in [1.82, 2.24) is 36.1 Å². The highest BCUT2D eigenvalue weighted by molar-refractivity contribution is 5.92. The Hall–Kier alpha value is -3.94. The second-order valence-electron chi connectivity index (χ2n) is 9.59. The van der Waals surface area contributed by atoms with Gasteiger partial charge in [-0.2, -0.15) is 5.10 Å². The van der Waals surface area contributed by atoms with E-state index in [1.54, 1.807) is 49.4 Å². The lowest BCUT2D eigenvalue weighted by Gasteiger charge is -2.34. The first kappa shape index (κ1) is 28.1. The lowest BCUT2D eigenvalue weighted by Crippen LogP contribution is -2.43. The third-order valence-electron chi connectivity index (χ3n) is 6.18. The van der Waals surface area contributed by atoms with Crippen LogP contribution in [0.4, 0.5) is 19.0 Å². The van der Waals surface area contributed by atoms with E-state index in [2.05, 4.69) is 31.2 Å². The number of carbonyl (C=O) groups is 2. The quantitative estimate of drug-likeness (QED) is 0.387. The van der Waals surface area contributed by atoms with E-state index in [-0.39, 0.29) is 49.9 Å². The monoisotopic (exact) mass is 548 g/mol. The third kappa shape index (κ3) is 7.78. The van der Waals surface area contributed by atoms with Crippen molar-refractivity contribution >= 4 is 17.6 Å². The average Bonchev–Trinajstić information content (AvgIpc) is 3.21. The van der Waals surface area contributed by atoms with Crippen molar-refractivity contribution in [3.63, 3.8) is 0 Å². The smallest absolute Gasteiger partial charge is 0.270 e. The maximum atomic E-state index is 14.6. The molecule has 2 aromatic rings. The van der Waals surface area contributed by atoms with Gasteiger partial charge in [-0.25, -0.2) is 13.2 Å². The van der Waals surface area contributed by atoms with Gasteiger partial charge >= 0.3 is 0 Å². The molecule has 39 heavy (non-hydrogen) atoms. The molecule has 0 bridgehead atoms. The summed E-state index contributed by atoms with van der Waals surface area (Å²) in [5, 5.41) is 16.3. The van der Waals surface area contributed by atoms with Crippen LogP contribution in [-0.2, 0) is 22.4 Å². The Balaban J connectivity index is 1.23. The summed E-state index contributed by atoms with van der Waals surface area (Å²) in [5.41, 5.74) is 4.76. The number of nitrogens with one attached hydrogen (secondary N) is 3. The lowest BCUT2D eigenvalue weighted by atomic mass is 9.91. The van der Waals surface area contributed by atoms with E-state index >= 15 is 0 Å². The largest absolute Gasteiger partial charge is 0.490 e. The molecule has 2 aromatic heterocycles. The number of hydrogen-bond acceptors (Lipinski definition) is 9. The van der Waals surface area contributed by atoms with Crippen molar-refractivity contribution in [3.05, 3.63) is 53.2 Å². The summed E-state index contributed by atoms with van der Waals surface area (Å²) in [6.45, 7) is 1.79. The number of ether oxygens (including phenoxy) is 1. The zero-order valence-electron chi connectivity index (χ0n) is 21.9. The van der Waals surface area contributed by atoms with Crippen molar-refractivity contribution in [2.24, 2.45) is 0 Å². The van der Waals surface area contributed by atoms with Crippen LogP contribution in [0.3, 0.4) is 0 Å². The molecule has 1 aliphatic heterocycles. The van der Waals surface area contributed by atoms with Crippen LogP contribution in [0.2, 0.25) is 0 Å². The van der Waals surface area contributed by atoms with Gasteiger partial charge in [0.25, 0.3) is 11.8 Å². The molecule has 3 heterocycles. The van der Waals surface area contributed by atoms with E-state index in [0.29, 0.717) is 34.9 Å². The van der Waals surface area contributed by atoms with Crippen LogP contribution in [0.1, 0.15) is 36.3 Å². The van der Waals surface area contributed by atoms with Gasteiger partial charge in [-0.05, 0) is 31.9 Å². The molecule has 14 heteroatoms. The van der Waals surface area contributed by atoms with Gasteiger partial charge in [0.15, 0.2) is 5.82 Å². The number of amides is 2. The number of hydrazine groups is 2. The van der Waals surface area contributed by atoms with Gasteiger partial charge < -0.3 is 15.4 Å². The Bertz CT molecular complexity index is 1220. The molecule has 2 amide bonds. The van der Waals surface area contributed by atoms with E-state index in [4.69, 9.17) is 4.74 Å². The Kier molecular flexibility index (Phi) is 8.53. The molecule has 0 aromatic carbocycles. The van der Waals surface area contributed by atoms with Gasteiger partial charge in [-0.15, -0.1) is 10.2 Å². The number of aromatic nitrogens is 3. The standard InChI is InChI=1S/C25H31F3N8O3/c1-15-8-19(39-20-11-25(27,28)12-20)9-18(30-15)10-23(37)31-22-7-6-17(32-33-22)5-4-16(26)13-36-14-21(24(38)29-2)34-35(36)3/h6-9,14,16,20,34H,4-5,10-13H2,1-3H3,(H,29,38)(H,31,33,37)/t16-/m1/s1. The fourth-order valence-corrected chi connectivity index (χ4v) is 4.18. The second kappa shape index (κ2) is 11.8. The van der Waals surface area contributed by atoms with Crippen molar-refractivity contribution in [1.29, 1.82) is 0 Å². The molecular formula is C25H31F3N8O3. The molecule has 0 unspecified atom stereocenters. The lowest BCUT2D eigenvalue weighted by molar-refractivity contribution is -0.134. The Morgan fingerprint density at radius 3 is 2.67 bits per heavy atom. The third-order valence-corrected chi connectivity index (χ3v) is 6.18. The fourth-order valence-electron chi connectivity index (χ4n) is 4.18. The molecule has 0 spiro atoms. The minimum atomic E-state index is -2.68. The van der Waals surface area contributed by atoms with Gasteiger partial charge in [0, 0.05) is 51.0 Å². The van der Waals surface area contributed by atoms with Crippen LogP contribution < -0.4 is 20.8 Å². The number of likely N-dealkylation sites (N-methyl/N-ethyl adjacent to an activating group) is 1. The van der Waals surface area contributed by atoms with E-state index in [0.717, 1.165) is 0 Å². The summed E-state index contributed by atoms with van der Waals surface area (Å²) >= 11 is 0. The van der Waals surface area contributed by atoms with Gasteiger partial charge in [0.05, 0.1) is 24.4 Å². The first-order valence-corrected chi connectivity index (χ1v) is 12.5. The Morgan fingerprint density at radius 1 is 1.23 bits per heavy atom. The molecule has 210 valence electrons. The predicted molar refractivity (Wildman–Crippen MR) is 135 cm³/mol. The first-order valence-electron chi connectivity index (χ1n) is 12.5. The second-order valence-corrected chi connectivity index (χ2v) is 9.59. The molecule has 3 N–H and O–H groups in total. The number of halogens is 3. The number of aryl methyl sites for hydroxylation is 2. The zero-order chi connectivity index (χ0) is 28.2. The molecule has 1 saturated carbocycles. The number of carbonyl (C=O) groups excluding carboxylic acids is 2. The van der Waals surface area contributed by atoms with Gasteiger partial charge in [-0.1, -0.05) is 0 Å². The van der Waals surface area contributed by atoms with E-state index in [9.17, 15) is 22.8 Å². The summed E-state index contributed by atoms with van der Waals surface area (Å²) < 4.78 is 46.3. The highest BCUT2D eigenvalue weighted by Gasteiger charge is 2.47. The van der Waals surface area contributed by atoms with Crippen LogP contribution in [0.25, 0.3) is 0 Å². The van der Waals surface area contributed by atoms with Gasteiger partial charge in [-0.3, -0.25) is 25.0 Å². The number of hydrogen-bond donors (Lipinski definition) is 3. The SMILES string of the molecule is CNC(=O)C1=CN(C[C@H](F)CCc2ccc(NC(=O)Cc3cc(OC4CC(F)(F)C4)cc(C)n3)nn2)N(C)N1. The summed E-state index contributed by atoms with van der Waals surface area (Å²) in [4.78, 5) is 28.5. The van der Waals surface area contributed by atoms with Gasteiger partial charge in [0.2, 0.25) is 5.91 Å². The van der Waals surface area contributed by atoms with Crippen molar-refractivity contribution < 1.29 is 27.5 Å². The normalized spacial score (nSPS) is 17.6. The molecule has 0 radical (unpaired) electrons. The minimum absolute atomic E-state index is 0.0540. The summed E-state index contributed by atoms with van der Waals surface area (Å²) in [6, 6.07) is 6.45. The molecule has 1 fully saturated rings. The number of pyridine rings is 1. The Morgan fingerprint density at radius 2 is 2.00 bits per heavy atom. The van der Waals surface area contributed by atoms with E-state index < -0.39 is 18.2 Å². The highest BCUT2D eigenvalue weighted by Crippen LogP contribution is 2.39. The first-order chi connectivity index (χ1) is 18.5. The van der Waals surface area contributed by atoms with Crippen LogP contribution in [0.15, 0.2) is 36.2 Å². The summed E-state index contributed by atoms with van der Waals surface area (Å²) in [6.07, 6.45) is -0.391. The predicted octanol–water partition coefficient (Wildman–Crippen LogP) is 2.06. The number of rotatable bonds is 11. The van der Waals surface area contributed by atoms with Crippen LogP contribution in [0.5, 0.6) is 5.75 Å². The van der Waals surface area contributed by atoms with Crippen molar-refractivity contribution in [2.45, 2.75) is 57.2 Å². The molecule has 2 aliphatic rings. The maximum Gasteiger partial charge on any atom is 0.270 e. The van der Waals surface area contributed by atoms with Gasteiger partial charge in [0.1, 0.15) is 23.7 Å². The summed E-state index contributed by atoms with van der Waals surface area (Å²) in [7, 11) is 3.19. The molecule has 4 rings (SSSR count). The van der Waals surface area contributed by atoms with E-state index in [1.807, 2.05) is 0 Å². The zero-order valence-corrected chi connectivity index (χ0v) is 21.9. The molecule has 1 aliphatic carbocycles. The van der Waals surface area contributed by atoms with Crippen LogP contribution in [-0.4, -0.2) is 76.0 Å². The van der Waals surface area contributed by atoms with Crippen LogP contribution in [0, 0.1) is 6.92 Å². The Labute approximate surface area is 223 Å². The van der Waals surface area contributed by atoms with E-state index in [1.165, 1.54) is 12.2 Å². The number of anilines is 1. The number of nitrogens with zero attached hydrogens (tertiary/aromatic N) is 5. The molecule has 1 atom stereocenters. The maximum absolute atomic E-state index is 14.6. The molecule has 11 nitrogen and oxygen atoms in total. The van der Waals surface area contributed by atoms with Crippen molar-refractivity contribution in [2.75, 3.05) is 26.0 Å². The minimum Gasteiger partial charge on any atom is -0.490 e. The highest BCUT2D eigenvalue weighted by atomic mass is 19.3. The topological polar surface area (TPSA) is 125 Å². The van der Waals surface area contributed by atoms with Crippen molar-refractivity contribution in [3.8, 4) is 5.75 Å². The number of alkyl halides is 3. The molecular weight excluding hydrogens is 517 g/mol.